The van der Waals surface area contributed by atoms with Crippen LogP contribution < -0.4 is 37.2 Å². The monoisotopic (exact) mass is 216 g/mol. The smallest absolute Gasteiger partial charge is 1.00 e. The van der Waals surface area contributed by atoms with Crippen LogP contribution in [0, 0.1) is 0 Å². The maximum absolute atomic E-state index is 0. The van der Waals surface area contributed by atoms with Gasteiger partial charge in [-0.2, -0.15) is 0 Å². The van der Waals surface area contributed by atoms with Crippen LogP contribution in [0.25, 0.3) is 0 Å². The van der Waals surface area contributed by atoms with E-state index < -0.39 is 0 Å². The summed E-state index contributed by atoms with van der Waals surface area (Å²) in [5, 5.41) is 0. The van der Waals surface area contributed by atoms with Crippen molar-refractivity contribution in [2.24, 2.45) is 0 Å². The molecule has 0 saturated heterocycles. The van der Waals surface area contributed by atoms with Crippen molar-refractivity contribution in [1.29, 1.82) is 0 Å². The topological polar surface area (TPSA) is 31.5 Å². The molecule has 0 aromatic heterocycles. The average Bonchev–Trinajstić information content (AvgIpc) is 0. The van der Waals surface area contributed by atoms with Gasteiger partial charge in [0.05, 0.1) is 0 Å². The molecule has 0 aliphatic carbocycles. The standard InChI is InChI=1S/3ClH.Nb.H2O/h3*1H;;1H2/q;;;+3;/p-3. The third-order valence-corrected chi connectivity index (χ3v) is 0. The normalized spacial score (nSPS) is 0. The number of hydrogen-bond donors (Lipinski definition) is 0. The molecule has 5 heteroatoms. The predicted molar refractivity (Wildman–Crippen MR) is 3.61 cm³/mol. The van der Waals surface area contributed by atoms with E-state index in [9.17, 15) is 0 Å². The molecule has 0 radical (unpaired) electrons. The van der Waals surface area contributed by atoms with Crippen LogP contribution in [0.2, 0.25) is 0 Å². The van der Waals surface area contributed by atoms with E-state index in [2.05, 4.69) is 0 Å². The second kappa shape index (κ2) is 47.2. The van der Waals surface area contributed by atoms with Gasteiger partial charge in [-0.1, -0.05) is 0 Å². The summed E-state index contributed by atoms with van der Waals surface area (Å²) in [6.45, 7) is 0. The van der Waals surface area contributed by atoms with E-state index in [1.165, 1.54) is 0 Å². The molecule has 1 nitrogen and oxygen atoms in total. The van der Waals surface area contributed by atoms with Crippen LogP contribution in [-0.2, 0) is 22.4 Å². The molecule has 0 aliphatic rings. The Morgan fingerprint density at radius 1 is 0.600 bits per heavy atom. The molecule has 0 aliphatic heterocycles. The molecular formula is H2Cl3NbO. The molecule has 0 atom stereocenters. The van der Waals surface area contributed by atoms with Crippen LogP contribution in [0.1, 0.15) is 0 Å². The Kier molecular flexibility index (Phi) is 780. The number of rotatable bonds is 0. The van der Waals surface area contributed by atoms with E-state index in [0.29, 0.717) is 0 Å². The summed E-state index contributed by atoms with van der Waals surface area (Å²) in [5.74, 6) is 0. The summed E-state index contributed by atoms with van der Waals surface area (Å²) < 4.78 is 0. The van der Waals surface area contributed by atoms with Gasteiger partial charge >= 0.3 is 22.4 Å². The zero-order chi connectivity index (χ0) is 0. The van der Waals surface area contributed by atoms with Crippen molar-refractivity contribution in [1.82, 2.24) is 0 Å². The molecule has 0 bridgehead atoms. The number of hydrogen-bond acceptors (Lipinski definition) is 0. The SMILES string of the molecule is O.[Cl-].[Cl-].[Cl-].[Nb+3]. The van der Waals surface area contributed by atoms with Gasteiger partial charge in [0.15, 0.2) is 0 Å². The van der Waals surface area contributed by atoms with Gasteiger partial charge in [-0.05, 0) is 0 Å². The minimum absolute atomic E-state index is 0. The van der Waals surface area contributed by atoms with E-state index in [0.717, 1.165) is 0 Å². The van der Waals surface area contributed by atoms with Crippen molar-refractivity contribution >= 4 is 0 Å². The third kappa shape index (κ3) is 28.8. The van der Waals surface area contributed by atoms with Crippen molar-refractivity contribution in [3.05, 3.63) is 0 Å². The van der Waals surface area contributed by atoms with Crippen molar-refractivity contribution in [2.45, 2.75) is 0 Å². The van der Waals surface area contributed by atoms with E-state index >= 15 is 0 Å². The van der Waals surface area contributed by atoms with Gasteiger partial charge in [-0.3, -0.25) is 0 Å². The Bertz CT molecular complexity index is 6.85. The minimum Gasteiger partial charge on any atom is -1.00 e. The summed E-state index contributed by atoms with van der Waals surface area (Å²) in [6.07, 6.45) is 0. The van der Waals surface area contributed by atoms with E-state index in [1.54, 1.807) is 0 Å². The summed E-state index contributed by atoms with van der Waals surface area (Å²) in [6, 6.07) is 0. The predicted octanol–water partition coefficient (Wildman–Crippen LogP) is -9.82. The van der Waals surface area contributed by atoms with Crippen LogP contribution in [0.3, 0.4) is 0 Å². The van der Waals surface area contributed by atoms with Crippen molar-refractivity contribution in [2.75, 3.05) is 0 Å². The summed E-state index contributed by atoms with van der Waals surface area (Å²) in [5.41, 5.74) is 0. The fraction of sp³-hybridized carbons (Fsp3) is 0. The maximum atomic E-state index is 0. The molecule has 0 rings (SSSR count). The molecule has 2 N–H and O–H groups in total. The van der Waals surface area contributed by atoms with Crippen LogP contribution in [0.15, 0.2) is 0 Å². The Balaban J connectivity index is 0. The van der Waals surface area contributed by atoms with Gasteiger partial charge in [-0.15, -0.1) is 0 Å². The Morgan fingerprint density at radius 2 is 0.600 bits per heavy atom. The second-order valence-corrected chi connectivity index (χ2v) is 0. The average molecular weight is 217 g/mol. The fourth-order valence-electron chi connectivity index (χ4n) is 0. The van der Waals surface area contributed by atoms with Gasteiger partial charge in [0, 0.05) is 0 Å². The van der Waals surface area contributed by atoms with Crippen LogP contribution in [0.5, 0.6) is 0 Å². The van der Waals surface area contributed by atoms with Crippen LogP contribution in [-0.4, -0.2) is 5.48 Å². The summed E-state index contributed by atoms with van der Waals surface area (Å²) in [4.78, 5) is 0. The molecule has 0 unspecified atom stereocenters. The fourth-order valence-corrected chi connectivity index (χ4v) is 0. The Morgan fingerprint density at radius 3 is 0.600 bits per heavy atom. The first-order valence-electron chi connectivity index (χ1n) is 0. The molecule has 5 heavy (non-hydrogen) atoms. The van der Waals surface area contributed by atoms with Crippen molar-refractivity contribution in [3.8, 4) is 0 Å². The van der Waals surface area contributed by atoms with Gasteiger partial charge in [-0.25, -0.2) is 0 Å². The number of halogens is 3. The van der Waals surface area contributed by atoms with Crippen molar-refractivity contribution < 1.29 is 65.1 Å². The molecule has 0 saturated carbocycles. The van der Waals surface area contributed by atoms with E-state index in [4.69, 9.17) is 0 Å². The molecule has 34 valence electrons. The van der Waals surface area contributed by atoms with Crippen LogP contribution in [0.4, 0.5) is 0 Å². The van der Waals surface area contributed by atoms with Gasteiger partial charge in [0.25, 0.3) is 0 Å². The van der Waals surface area contributed by atoms with Gasteiger partial charge < -0.3 is 42.7 Å². The molecule has 0 aromatic carbocycles. The Labute approximate surface area is 64.9 Å². The maximum Gasteiger partial charge on any atom is 3.00 e. The zero-order valence-corrected chi connectivity index (χ0v) is 6.55. The second-order valence-electron chi connectivity index (χ2n) is 0. The first kappa shape index (κ1) is 82.7. The minimum atomic E-state index is 0. The van der Waals surface area contributed by atoms with E-state index in [1.807, 2.05) is 0 Å². The third-order valence-electron chi connectivity index (χ3n) is 0. The first-order chi connectivity index (χ1) is 0. The molecule has 0 heterocycles. The van der Waals surface area contributed by atoms with Crippen LogP contribution >= 0.6 is 0 Å². The van der Waals surface area contributed by atoms with Gasteiger partial charge in [0.1, 0.15) is 0 Å². The quantitative estimate of drug-likeness (QED) is 0.361. The van der Waals surface area contributed by atoms with Gasteiger partial charge in [0.2, 0.25) is 0 Å². The molecular weight excluding hydrogens is 215 g/mol. The molecule has 0 amide bonds. The first-order valence-corrected chi connectivity index (χ1v) is 0. The molecule has 0 fully saturated rings. The zero-order valence-electron chi connectivity index (χ0n) is 2.08. The molecule has 0 spiro atoms. The Hall–Kier alpha value is 1.57. The van der Waals surface area contributed by atoms with E-state index in [-0.39, 0.29) is 65.1 Å². The van der Waals surface area contributed by atoms with Crippen molar-refractivity contribution in [3.63, 3.8) is 0 Å². The largest absolute Gasteiger partial charge is 3.00 e. The summed E-state index contributed by atoms with van der Waals surface area (Å²) in [7, 11) is 0. The summed E-state index contributed by atoms with van der Waals surface area (Å²) >= 11 is 0. The molecule has 0 aromatic rings.